The van der Waals surface area contributed by atoms with E-state index in [2.05, 4.69) is 44.3 Å². The number of likely N-dealkylation sites (N-methyl/N-ethyl adjacent to an activating group) is 1. The second kappa shape index (κ2) is 4.88. The fourth-order valence-corrected chi connectivity index (χ4v) is 2.28. The van der Waals surface area contributed by atoms with Crippen molar-refractivity contribution in [1.29, 1.82) is 0 Å². The summed E-state index contributed by atoms with van der Waals surface area (Å²) in [5.74, 6) is 1.62. The van der Waals surface area contributed by atoms with Crippen molar-refractivity contribution in [1.82, 2.24) is 5.32 Å². The smallest absolute Gasteiger partial charge is 0.122 e. The Hall–Kier alpha value is -1.02. The third kappa shape index (κ3) is 2.22. The van der Waals surface area contributed by atoms with Gasteiger partial charge < -0.3 is 10.1 Å². The van der Waals surface area contributed by atoms with Gasteiger partial charge in [-0.05, 0) is 36.6 Å². The van der Waals surface area contributed by atoms with Crippen LogP contribution in [0.3, 0.4) is 0 Å². The summed E-state index contributed by atoms with van der Waals surface area (Å²) in [4.78, 5) is 0. The highest BCUT2D eigenvalue weighted by atomic mass is 16.5. The van der Waals surface area contributed by atoms with Gasteiger partial charge in [0.25, 0.3) is 0 Å². The van der Waals surface area contributed by atoms with Crippen LogP contribution < -0.4 is 10.1 Å². The first kappa shape index (κ1) is 11.5. The lowest BCUT2D eigenvalue weighted by molar-refractivity contribution is 0.356. The second-order valence-corrected chi connectivity index (χ2v) is 4.60. The quantitative estimate of drug-likeness (QED) is 0.840. The first-order valence-corrected chi connectivity index (χ1v) is 6.21. The van der Waals surface area contributed by atoms with E-state index in [1.807, 2.05) is 0 Å². The number of hydrogen-bond donors (Lipinski definition) is 1. The topological polar surface area (TPSA) is 21.3 Å². The molecule has 0 aromatic heterocycles. The van der Waals surface area contributed by atoms with Crippen LogP contribution in [0, 0.1) is 0 Å². The SMILES string of the molecule is CCNC(C)C(C)c1ccc2c(c1)CCO2. The van der Waals surface area contributed by atoms with E-state index in [1.165, 1.54) is 11.1 Å². The fourth-order valence-electron chi connectivity index (χ4n) is 2.28. The Kier molecular flexibility index (Phi) is 3.49. The first-order valence-electron chi connectivity index (χ1n) is 6.21. The Morgan fingerprint density at radius 1 is 1.38 bits per heavy atom. The summed E-state index contributed by atoms with van der Waals surface area (Å²) in [6.45, 7) is 8.55. The van der Waals surface area contributed by atoms with Crippen molar-refractivity contribution >= 4 is 0 Å². The lowest BCUT2D eigenvalue weighted by atomic mass is 9.92. The molecule has 2 heteroatoms. The Labute approximate surface area is 98.0 Å². The highest BCUT2D eigenvalue weighted by molar-refractivity contribution is 5.41. The number of fused-ring (bicyclic) bond motifs is 1. The second-order valence-electron chi connectivity index (χ2n) is 4.60. The molecule has 1 N–H and O–H groups in total. The van der Waals surface area contributed by atoms with Gasteiger partial charge in [0.2, 0.25) is 0 Å². The average molecular weight is 219 g/mol. The predicted octanol–water partition coefficient (Wildman–Crippen LogP) is 2.72. The van der Waals surface area contributed by atoms with Crippen LogP contribution in [0.25, 0.3) is 0 Å². The van der Waals surface area contributed by atoms with Crippen LogP contribution in [0.1, 0.15) is 37.8 Å². The molecule has 2 atom stereocenters. The summed E-state index contributed by atoms with van der Waals surface area (Å²) < 4.78 is 5.53. The molecule has 16 heavy (non-hydrogen) atoms. The zero-order valence-corrected chi connectivity index (χ0v) is 10.4. The molecule has 2 nitrogen and oxygen atoms in total. The highest BCUT2D eigenvalue weighted by Gasteiger charge is 2.17. The van der Waals surface area contributed by atoms with E-state index in [0.29, 0.717) is 12.0 Å². The van der Waals surface area contributed by atoms with Gasteiger partial charge in [0.05, 0.1) is 6.61 Å². The van der Waals surface area contributed by atoms with Crippen molar-refractivity contribution < 1.29 is 4.74 Å². The molecule has 88 valence electrons. The third-order valence-corrected chi connectivity index (χ3v) is 3.52. The molecule has 0 saturated carbocycles. The number of nitrogens with one attached hydrogen (secondary N) is 1. The number of hydrogen-bond acceptors (Lipinski definition) is 2. The van der Waals surface area contributed by atoms with E-state index < -0.39 is 0 Å². The third-order valence-electron chi connectivity index (χ3n) is 3.52. The van der Waals surface area contributed by atoms with Gasteiger partial charge in [-0.2, -0.15) is 0 Å². The molecule has 2 unspecified atom stereocenters. The summed E-state index contributed by atoms with van der Waals surface area (Å²) in [5.41, 5.74) is 2.78. The van der Waals surface area contributed by atoms with Gasteiger partial charge in [-0.3, -0.25) is 0 Å². The van der Waals surface area contributed by atoms with Crippen LogP contribution in [0.2, 0.25) is 0 Å². The van der Waals surface area contributed by atoms with E-state index in [9.17, 15) is 0 Å². The molecule has 1 heterocycles. The van der Waals surface area contributed by atoms with Crippen LogP contribution in [-0.4, -0.2) is 19.2 Å². The molecule has 1 aliphatic heterocycles. The van der Waals surface area contributed by atoms with E-state index >= 15 is 0 Å². The highest BCUT2D eigenvalue weighted by Crippen LogP contribution is 2.29. The molecule has 0 amide bonds. The molecular formula is C14H21NO. The standard InChI is InChI=1S/C14H21NO/c1-4-15-11(3)10(2)12-5-6-14-13(9-12)7-8-16-14/h5-6,9-11,15H,4,7-8H2,1-3H3. The summed E-state index contributed by atoms with van der Waals surface area (Å²) in [5, 5.41) is 3.48. The molecule has 0 fully saturated rings. The molecule has 1 aliphatic rings. The van der Waals surface area contributed by atoms with Gasteiger partial charge in [0.1, 0.15) is 5.75 Å². The van der Waals surface area contributed by atoms with Crippen molar-refractivity contribution in [3.05, 3.63) is 29.3 Å². The van der Waals surface area contributed by atoms with E-state index in [-0.39, 0.29) is 0 Å². The predicted molar refractivity (Wildman–Crippen MR) is 67.2 cm³/mol. The maximum Gasteiger partial charge on any atom is 0.122 e. The fraction of sp³-hybridized carbons (Fsp3) is 0.571. The molecule has 0 bridgehead atoms. The lowest BCUT2D eigenvalue weighted by Gasteiger charge is -2.21. The first-order chi connectivity index (χ1) is 7.72. The monoisotopic (exact) mass is 219 g/mol. The summed E-state index contributed by atoms with van der Waals surface area (Å²) in [6.07, 6.45) is 1.06. The summed E-state index contributed by atoms with van der Waals surface area (Å²) >= 11 is 0. The van der Waals surface area contributed by atoms with Crippen molar-refractivity contribution in [2.24, 2.45) is 0 Å². The summed E-state index contributed by atoms with van der Waals surface area (Å²) in [7, 11) is 0. The van der Waals surface area contributed by atoms with Gasteiger partial charge in [-0.1, -0.05) is 26.0 Å². The van der Waals surface area contributed by atoms with Crippen molar-refractivity contribution in [3.8, 4) is 5.75 Å². The molecular weight excluding hydrogens is 198 g/mol. The zero-order chi connectivity index (χ0) is 11.5. The Bertz CT molecular complexity index is 362. The minimum absolute atomic E-state index is 0.519. The number of ether oxygens (including phenoxy) is 1. The number of rotatable bonds is 4. The minimum atomic E-state index is 0.519. The van der Waals surface area contributed by atoms with Crippen LogP contribution in [0.15, 0.2) is 18.2 Å². The largest absolute Gasteiger partial charge is 0.493 e. The average Bonchev–Trinajstić information content (AvgIpc) is 2.75. The van der Waals surface area contributed by atoms with Crippen LogP contribution in [0.5, 0.6) is 5.75 Å². The molecule has 2 rings (SSSR count). The number of benzene rings is 1. The molecule has 0 aliphatic carbocycles. The lowest BCUT2D eigenvalue weighted by Crippen LogP contribution is -2.30. The van der Waals surface area contributed by atoms with Crippen molar-refractivity contribution in [2.75, 3.05) is 13.2 Å². The zero-order valence-electron chi connectivity index (χ0n) is 10.4. The van der Waals surface area contributed by atoms with E-state index in [4.69, 9.17) is 4.74 Å². The van der Waals surface area contributed by atoms with Crippen LogP contribution in [-0.2, 0) is 6.42 Å². The van der Waals surface area contributed by atoms with Gasteiger partial charge >= 0.3 is 0 Å². The molecule has 0 spiro atoms. The minimum Gasteiger partial charge on any atom is -0.493 e. The normalized spacial score (nSPS) is 17.7. The van der Waals surface area contributed by atoms with Crippen molar-refractivity contribution in [2.45, 2.75) is 39.2 Å². The van der Waals surface area contributed by atoms with E-state index in [0.717, 1.165) is 25.3 Å². The maximum atomic E-state index is 5.53. The summed E-state index contributed by atoms with van der Waals surface area (Å²) in [6, 6.07) is 7.14. The van der Waals surface area contributed by atoms with Gasteiger partial charge in [-0.25, -0.2) is 0 Å². The van der Waals surface area contributed by atoms with Crippen LogP contribution in [0.4, 0.5) is 0 Å². The molecule has 0 radical (unpaired) electrons. The molecule has 0 saturated heterocycles. The van der Waals surface area contributed by atoms with Crippen molar-refractivity contribution in [3.63, 3.8) is 0 Å². The molecule has 1 aromatic rings. The Morgan fingerprint density at radius 3 is 2.94 bits per heavy atom. The Morgan fingerprint density at radius 2 is 2.19 bits per heavy atom. The van der Waals surface area contributed by atoms with Gasteiger partial charge in [-0.15, -0.1) is 0 Å². The molecule has 1 aromatic carbocycles. The van der Waals surface area contributed by atoms with Gasteiger partial charge in [0.15, 0.2) is 0 Å². The van der Waals surface area contributed by atoms with Crippen LogP contribution >= 0.6 is 0 Å². The van der Waals surface area contributed by atoms with Gasteiger partial charge in [0, 0.05) is 12.5 Å². The Balaban J connectivity index is 2.14. The van der Waals surface area contributed by atoms with E-state index in [1.54, 1.807) is 0 Å². The maximum absolute atomic E-state index is 5.53.